The van der Waals surface area contributed by atoms with Crippen molar-refractivity contribution < 1.29 is 0 Å². The maximum Gasteiger partial charge on any atom is 0.0997 e. The van der Waals surface area contributed by atoms with Crippen molar-refractivity contribution in [2.24, 2.45) is 5.73 Å². The summed E-state index contributed by atoms with van der Waals surface area (Å²) in [6, 6.07) is 0. The van der Waals surface area contributed by atoms with E-state index in [2.05, 4.69) is 31.1 Å². The van der Waals surface area contributed by atoms with Crippen LogP contribution >= 0.6 is 0 Å². The molecule has 0 atom stereocenters. The van der Waals surface area contributed by atoms with Crippen LogP contribution in [0, 0.1) is 0 Å². The predicted molar refractivity (Wildman–Crippen MR) is 52.3 cm³/mol. The zero-order valence-corrected chi connectivity index (χ0v) is 8.62. The van der Waals surface area contributed by atoms with Gasteiger partial charge in [0.1, 0.15) is 0 Å². The Morgan fingerprint density at radius 1 is 1.46 bits per heavy atom. The zero-order valence-electron chi connectivity index (χ0n) is 8.62. The van der Waals surface area contributed by atoms with Crippen LogP contribution in [0.4, 0.5) is 0 Å². The van der Waals surface area contributed by atoms with Crippen LogP contribution in [0.3, 0.4) is 0 Å². The Hall–Kier alpha value is -0.900. The molecule has 0 aromatic carbocycles. The second kappa shape index (κ2) is 4.37. The Labute approximate surface area is 79.1 Å². The summed E-state index contributed by atoms with van der Waals surface area (Å²) in [5, 5.41) is 8.15. The fraction of sp³-hybridized carbons (Fsp3) is 0.778. The minimum atomic E-state index is 0.445. The summed E-state index contributed by atoms with van der Waals surface area (Å²) in [6.07, 6.45) is 1.08. The number of aryl methyl sites for hydroxylation is 1. The summed E-state index contributed by atoms with van der Waals surface area (Å²) in [7, 11) is 0. The molecule has 4 heteroatoms. The number of rotatable bonds is 4. The summed E-state index contributed by atoms with van der Waals surface area (Å²) in [4.78, 5) is 0. The van der Waals surface area contributed by atoms with Crippen LogP contribution < -0.4 is 5.73 Å². The first-order chi connectivity index (χ1) is 6.20. The van der Waals surface area contributed by atoms with E-state index < -0.39 is 0 Å². The van der Waals surface area contributed by atoms with E-state index in [0.29, 0.717) is 12.5 Å². The van der Waals surface area contributed by atoms with Crippen LogP contribution in [0.1, 0.15) is 44.5 Å². The van der Waals surface area contributed by atoms with E-state index in [1.54, 1.807) is 0 Å². The minimum absolute atomic E-state index is 0.445. The van der Waals surface area contributed by atoms with Gasteiger partial charge in [-0.05, 0) is 12.3 Å². The molecule has 13 heavy (non-hydrogen) atoms. The molecule has 1 rings (SSSR count). The van der Waals surface area contributed by atoms with Crippen LogP contribution in [0.5, 0.6) is 0 Å². The molecule has 0 aliphatic carbocycles. The van der Waals surface area contributed by atoms with Crippen LogP contribution in [0.2, 0.25) is 0 Å². The second-order valence-corrected chi connectivity index (χ2v) is 3.50. The van der Waals surface area contributed by atoms with E-state index >= 15 is 0 Å². The highest BCUT2D eigenvalue weighted by atomic mass is 15.4. The quantitative estimate of drug-likeness (QED) is 0.763. The van der Waals surface area contributed by atoms with Gasteiger partial charge >= 0.3 is 0 Å². The lowest BCUT2D eigenvalue weighted by Crippen LogP contribution is -2.09. The third-order valence-corrected chi connectivity index (χ3v) is 2.02. The van der Waals surface area contributed by atoms with Crippen LogP contribution in [-0.4, -0.2) is 15.0 Å². The van der Waals surface area contributed by atoms with E-state index in [9.17, 15) is 0 Å². The molecule has 1 aromatic heterocycles. The zero-order chi connectivity index (χ0) is 9.84. The molecule has 2 N–H and O–H groups in total. The molecule has 0 saturated carbocycles. The van der Waals surface area contributed by atoms with E-state index in [0.717, 1.165) is 18.7 Å². The first-order valence-corrected chi connectivity index (χ1v) is 4.83. The highest BCUT2D eigenvalue weighted by Crippen LogP contribution is 2.17. The van der Waals surface area contributed by atoms with E-state index in [-0.39, 0.29) is 0 Å². The van der Waals surface area contributed by atoms with Crippen molar-refractivity contribution in [3.05, 3.63) is 11.4 Å². The monoisotopic (exact) mass is 182 g/mol. The Morgan fingerprint density at radius 3 is 2.62 bits per heavy atom. The average Bonchev–Trinajstić information content (AvgIpc) is 2.48. The lowest BCUT2D eigenvalue weighted by Gasteiger charge is -2.09. The molecular weight excluding hydrogens is 164 g/mol. The highest BCUT2D eigenvalue weighted by Gasteiger charge is 2.13. The molecular formula is C9H18N4. The molecule has 0 bridgehead atoms. The average molecular weight is 182 g/mol. The lowest BCUT2D eigenvalue weighted by molar-refractivity contribution is 0.541. The van der Waals surface area contributed by atoms with Crippen LogP contribution in [0.15, 0.2) is 0 Å². The van der Waals surface area contributed by atoms with Crippen molar-refractivity contribution in [1.29, 1.82) is 0 Å². The van der Waals surface area contributed by atoms with Crippen molar-refractivity contribution in [2.75, 3.05) is 0 Å². The molecule has 0 spiro atoms. The predicted octanol–water partition coefficient (Wildman–Crippen LogP) is 1.27. The molecule has 1 heterocycles. The Bertz CT molecular complexity index is 265. The Morgan fingerprint density at radius 2 is 2.15 bits per heavy atom. The van der Waals surface area contributed by atoms with Crippen LogP contribution in [0.25, 0.3) is 0 Å². The molecule has 0 amide bonds. The van der Waals surface area contributed by atoms with Crippen molar-refractivity contribution in [1.82, 2.24) is 15.0 Å². The normalized spacial score (nSPS) is 11.2. The first-order valence-electron chi connectivity index (χ1n) is 4.83. The molecule has 0 aliphatic heterocycles. The molecule has 0 fully saturated rings. The number of hydrogen-bond donors (Lipinski definition) is 1. The Balaban J connectivity index is 2.99. The molecule has 0 radical (unpaired) electrons. The van der Waals surface area contributed by atoms with Gasteiger partial charge in [0, 0.05) is 13.1 Å². The van der Waals surface area contributed by atoms with Gasteiger partial charge in [-0.15, -0.1) is 5.10 Å². The van der Waals surface area contributed by atoms with Gasteiger partial charge in [0.15, 0.2) is 0 Å². The van der Waals surface area contributed by atoms with Crippen LogP contribution in [-0.2, 0) is 13.1 Å². The van der Waals surface area contributed by atoms with Gasteiger partial charge in [-0.2, -0.15) is 0 Å². The highest BCUT2D eigenvalue weighted by molar-refractivity contribution is 5.13. The molecule has 4 nitrogen and oxygen atoms in total. The third kappa shape index (κ3) is 2.06. The molecule has 1 aromatic rings. The van der Waals surface area contributed by atoms with Gasteiger partial charge in [0.05, 0.1) is 11.4 Å². The van der Waals surface area contributed by atoms with Crippen molar-refractivity contribution in [2.45, 2.75) is 46.2 Å². The Kier molecular flexibility index (Phi) is 3.42. The lowest BCUT2D eigenvalue weighted by atomic mass is 10.1. The summed E-state index contributed by atoms with van der Waals surface area (Å²) in [5.41, 5.74) is 7.70. The van der Waals surface area contributed by atoms with E-state index in [1.165, 1.54) is 5.69 Å². The van der Waals surface area contributed by atoms with Gasteiger partial charge in [0.2, 0.25) is 0 Å². The summed E-state index contributed by atoms with van der Waals surface area (Å²) >= 11 is 0. The largest absolute Gasteiger partial charge is 0.325 e. The number of hydrogen-bond acceptors (Lipinski definition) is 3. The molecule has 0 saturated heterocycles. The molecule has 0 unspecified atom stereocenters. The fourth-order valence-electron chi connectivity index (χ4n) is 1.51. The van der Waals surface area contributed by atoms with Gasteiger partial charge in [0.25, 0.3) is 0 Å². The first kappa shape index (κ1) is 10.2. The maximum atomic E-state index is 5.58. The minimum Gasteiger partial charge on any atom is -0.325 e. The van der Waals surface area contributed by atoms with Gasteiger partial charge in [-0.25, -0.2) is 4.68 Å². The van der Waals surface area contributed by atoms with E-state index in [1.807, 2.05) is 4.68 Å². The summed E-state index contributed by atoms with van der Waals surface area (Å²) < 4.78 is 1.97. The summed E-state index contributed by atoms with van der Waals surface area (Å²) in [5.74, 6) is 0.445. The van der Waals surface area contributed by atoms with Crippen molar-refractivity contribution >= 4 is 0 Å². The van der Waals surface area contributed by atoms with Gasteiger partial charge < -0.3 is 5.73 Å². The standard InChI is InChI=1S/C9H18N4/c1-4-5-13-9(7(2)3)8(6-10)11-12-13/h7H,4-6,10H2,1-3H3. The van der Waals surface area contributed by atoms with Gasteiger partial charge in [-0.3, -0.25) is 0 Å². The second-order valence-electron chi connectivity index (χ2n) is 3.50. The summed E-state index contributed by atoms with van der Waals surface area (Å²) in [6.45, 7) is 7.83. The SMILES string of the molecule is CCCn1nnc(CN)c1C(C)C. The number of aromatic nitrogens is 3. The van der Waals surface area contributed by atoms with Crippen molar-refractivity contribution in [3.8, 4) is 0 Å². The topological polar surface area (TPSA) is 56.7 Å². The molecule has 0 aliphatic rings. The molecule has 74 valence electrons. The maximum absolute atomic E-state index is 5.58. The number of nitrogens with zero attached hydrogens (tertiary/aromatic N) is 3. The fourth-order valence-corrected chi connectivity index (χ4v) is 1.51. The smallest absolute Gasteiger partial charge is 0.0997 e. The van der Waals surface area contributed by atoms with Crippen molar-refractivity contribution in [3.63, 3.8) is 0 Å². The third-order valence-electron chi connectivity index (χ3n) is 2.02. The van der Waals surface area contributed by atoms with E-state index in [4.69, 9.17) is 5.73 Å². The number of nitrogens with two attached hydrogens (primary N) is 1. The van der Waals surface area contributed by atoms with Gasteiger partial charge in [-0.1, -0.05) is 26.0 Å².